The van der Waals surface area contributed by atoms with Crippen molar-refractivity contribution in [1.82, 2.24) is 25.3 Å². The van der Waals surface area contributed by atoms with E-state index < -0.39 is 0 Å². The Hall–Kier alpha value is -2.81. The summed E-state index contributed by atoms with van der Waals surface area (Å²) >= 11 is 0. The maximum atomic E-state index is 12.7. The summed E-state index contributed by atoms with van der Waals surface area (Å²) in [5.74, 6) is 1.56. The average molecular weight is 369 g/mol. The molecule has 9 nitrogen and oxygen atoms in total. The van der Waals surface area contributed by atoms with E-state index in [1.807, 2.05) is 30.0 Å². The van der Waals surface area contributed by atoms with Gasteiger partial charge in [-0.3, -0.25) is 4.79 Å². The van der Waals surface area contributed by atoms with Gasteiger partial charge in [0.25, 0.3) is 5.91 Å². The quantitative estimate of drug-likeness (QED) is 0.767. The Morgan fingerprint density at radius 1 is 0.815 bits per heavy atom. The molecule has 0 N–H and O–H groups in total. The average Bonchev–Trinajstić information content (AvgIpc) is 2.75. The minimum atomic E-state index is -0.0781. The normalized spacial score (nSPS) is 17.9. The molecule has 2 aromatic rings. The van der Waals surface area contributed by atoms with E-state index in [1.165, 1.54) is 0 Å². The zero-order valence-corrected chi connectivity index (χ0v) is 15.4. The highest BCUT2D eigenvalue weighted by molar-refractivity contribution is 5.92. The number of piperazine rings is 1. The van der Waals surface area contributed by atoms with Gasteiger partial charge in [0.15, 0.2) is 17.3 Å². The van der Waals surface area contributed by atoms with Crippen LogP contribution in [0.2, 0.25) is 0 Å². The molecule has 9 heteroatoms. The SMILES string of the molecule is Cc1ccc(N2CCN(C(=O)c3ccc(N4CCOCC4)nn3)CC2)nn1. The maximum absolute atomic E-state index is 12.7. The highest BCUT2D eigenvalue weighted by atomic mass is 16.5. The molecule has 2 aliphatic rings. The number of carbonyl (C=O) groups excluding carboxylic acids is 1. The second kappa shape index (κ2) is 7.83. The van der Waals surface area contributed by atoms with Gasteiger partial charge in [-0.15, -0.1) is 15.3 Å². The third kappa shape index (κ3) is 3.97. The Labute approximate surface area is 157 Å². The summed E-state index contributed by atoms with van der Waals surface area (Å²) in [4.78, 5) is 18.8. The van der Waals surface area contributed by atoms with Crippen LogP contribution in [0, 0.1) is 6.92 Å². The summed E-state index contributed by atoms with van der Waals surface area (Å²) < 4.78 is 5.35. The predicted molar refractivity (Wildman–Crippen MR) is 99.9 cm³/mol. The summed E-state index contributed by atoms with van der Waals surface area (Å²) in [5.41, 5.74) is 1.28. The van der Waals surface area contributed by atoms with E-state index >= 15 is 0 Å². The highest BCUT2D eigenvalue weighted by Crippen LogP contribution is 2.15. The first-order valence-electron chi connectivity index (χ1n) is 9.22. The Balaban J connectivity index is 1.35. The smallest absolute Gasteiger partial charge is 0.274 e. The van der Waals surface area contributed by atoms with Gasteiger partial charge in [-0.1, -0.05) is 0 Å². The van der Waals surface area contributed by atoms with E-state index in [-0.39, 0.29) is 5.91 Å². The van der Waals surface area contributed by atoms with Gasteiger partial charge in [0.1, 0.15) is 0 Å². The van der Waals surface area contributed by atoms with Crippen LogP contribution in [0.4, 0.5) is 11.6 Å². The first-order chi connectivity index (χ1) is 13.2. The molecule has 0 radical (unpaired) electrons. The molecule has 2 fully saturated rings. The predicted octanol–water partition coefficient (Wildman–Crippen LogP) is 0.374. The van der Waals surface area contributed by atoms with Crippen LogP contribution < -0.4 is 9.80 Å². The van der Waals surface area contributed by atoms with Crippen molar-refractivity contribution in [2.75, 3.05) is 62.3 Å². The number of ether oxygens (including phenoxy) is 1. The summed E-state index contributed by atoms with van der Waals surface area (Å²) in [6, 6.07) is 7.54. The molecule has 0 saturated carbocycles. The molecule has 4 rings (SSSR count). The molecule has 0 unspecified atom stereocenters. The first-order valence-corrected chi connectivity index (χ1v) is 9.22. The summed E-state index contributed by atoms with van der Waals surface area (Å²) in [6.07, 6.45) is 0. The lowest BCUT2D eigenvalue weighted by Crippen LogP contribution is -2.49. The van der Waals surface area contributed by atoms with E-state index in [1.54, 1.807) is 6.07 Å². The standard InChI is InChI=1S/C18H23N7O2/c1-14-2-4-16(21-19-14)23-6-8-25(9-7-23)18(26)15-3-5-17(22-20-15)24-10-12-27-13-11-24/h2-5H,6-13H2,1H3. The molecular weight excluding hydrogens is 346 g/mol. The Morgan fingerprint density at radius 3 is 2.04 bits per heavy atom. The number of aromatic nitrogens is 4. The van der Waals surface area contributed by atoms with Crippen LogP contribution in [0.3, 0.4) is 0 Å². The number of aryl methyl sites for hydroxylation is 1. The minimum Gasteiger partial charge on any atom is -0.378 e. The number of nitrogens with zero attached hydrogens (tertiary/aromatic N) is 7. The van der Waals surface area contributed by atoms with Crippen molar-refractivity contribution < 1.29 is 9.53 Å². The molecule has 2 aliphatic heterocycles. The molecule has 27 heavy (non-hydrogen) atoms. The van der Waals surface area contributed by atoms with Crippen molar-refractivity contribution in [3.8, 4) is 0 Å². The Kier molecular flexibility index (Phi) is 5.10. The van der Waals surface area contributed by atoms with Gasteiger partial charge in [0, 0.05) is 39.3 Å². The maximum Gasteiger partial charge on any atom is 0.274 e. The number of hydrogen-bond acceptors (Lipinski definition) is 8. The second-order valence-corrected chi connectivity index (χ2v) is 6.69. The second-order valence-electron chi connectivity index (χ2n) is 6.69. The summed E-state index contributed by atoms with van der Waals surface area (Å²) in [7, 11) is 0. The fraction of sp³-hybridized carbons (Fsp3) is 0.500. The van der Waals surface area contributed by atoms with Crippen molar-refractivity contribution in [3.63, 3.8) is 0 Å². The molecular formula is C18H23N7O2. The molecule has 142 valence electrons. The van der Waals surface area contributed by atoms with Gasteiger partial charge >= 0.3 is 0 Å². The van der Waals surface area contributed by atoms with Crippen LogP contribution in [0.15, 0.2) is 24.3 Å². The van der Waals surface area contributed by atoms with Crippen molar-refractivity contribution in [1.29, 1.82) is 0 Å². The van der Waals surface area contributed by atoms with E-state index in [4.69, 9.17) is 4.74 Å². The fourth-order valence-electron chi connectivity index (χ4n) is 3.26. The van der Waals surface area contributed by atoms with Crippen LogP contribution in [-0.4, -0.2) is 83.7 Å². The van der Waals surface area contributed by atoms with Gasteiger partial charge in [-0.25, -0.2) is 0 Å². The van der Waals surface area contributed by atoms with Crippen LogP contribution in [0.25, 0.3) is 0 Å². The van der Waals surface area contributed by atoms with Gasteiger partial charge in [-0.2, -0.15) is 5.10 Å². The molecule has 0 aliphatic carbocycles. The number of amides is 1. The lowest BCUT2D eigenvalue weighted by molar-refractivity contribution is 0.0739. The molecule has 0 aromatic carbocycles. The summed E-state index contributed by atoms with van der Waals surface area (Å²) in [5, 5.41) is 16.7. The lowest BCUT2D eigenvalue weighted by atomic mass is 10.2. The number of carbonyl (C=O) groups is 1. The van der Waals surface area contributed by atoms with Gasteiger partial charge in [0.05, 0.1) is 18.9 Å². The molecule has 0 atom stereocenters. The monoisotopic (exact) mass is 369 g/mol. The van der Waals surface area contributed by atoms with Gasteiger partial charge in [-0.05, 0) is 31.2 Å². The van der Waals surface area contributed by atoms with Crippen molar-refractivity contribution >= 4 is 17.5 Å². The van der Waals surface area contributed by atoms with E-state index in [9.17, 15) is 4.79 Å². The molecule has 2 saturated heterocycles. The van der Waals surface area contributed by atoms with Crippen LogP contribution in [-0.2, 0) is 4.74 Å². The fourth-order valence-corrected chi connectivity index (χ4v) is 3.26. The largest absolute Gasteiger partial charge is 0.378 e. The highest BCUT2D eigenvalue weighted by Gasteiger charge is 2.24. The van der Waals surface area contributed by atoms with Crippen LogP contribution in [0.5, 0.6) is 0 Å². The van der Waals surface area contributed by atoms with Crippen molar-refractivity contribution in [2.24, 2.45) is 0 Å². The Bertz CT molecular complexity index is 767. The third-order valence-electron chi connectivity index (χ3n) is 4.88. The zero-order chi connectivity index (χ0) is 18.6. The number of rotatable bonds is 3. The van der Waals surface area contributed by atoms with Crippen molar-refractivity contribution in [2.45, 2.75) is 6.92 Å². The number of hydrogen-bond donors (Lipinski definition) is 0. The molecule has 4 heterocycles. The summed E-state index contributed by atoms with van der Waals surface area (Å²) in [6.45, 7) is 7.60. The molecule has 0 spiro atoms. The Morgan fingerprint density at radius 2 is 1.44 bits per heavy atom. The topological polar surface area (TPSA) is 87.6 Å². The van der Waals surface area contributed by atoms with Crippen LogP contribution >= 0.6 is 0 Å². The van der Waals surface area contributed by atoms with E-state index in [0.717, 1.165) is 43.5 Å². The van der Waals surface area contributed by atoms with E-state index in [0.29, 0.717) is 32.0 Å². The number of anilines is 2. The first kappa shape index (κ1) is 17.6. The lowest BCUT2D eigenvalue weighted by Gasteiger charge is -2.35. The third-order valence-corrected chi connectivity index (χ3v) is 4.88. The van der Waals surface area contributed by atoms with Crippen LogP contribution in [0.1, 0.15) is 16.2 Å². The number of morpholine rings is 1. The molecule has 2 aromatic heterocycles. The van der Waals surface area contributed by atoms with Gasteiger partial charge in [0.2, 0.25) is 0 Å². The molecule has 1 amide bonds. The van der Waals surface area contributed by atoms with E-state index in [2.05, 4.69) is 30.2 Å². The zero-order valence-electron chi connectivity index (χ0n) is 15.4. The molecule has 0 bridgehead atoms. The minimum absolute atomic E-state index is 0.0781. The van der Waals surface area contributed by atoms with Crippen molar-refractivity contribution in [3.05, 3.63) is 35.7 Å². The van der Waals surface area contributed by atoms with Gasteiger partial charge < -0.3 is 19.4 Å².